The van der Waals surface area contributed by atoms with Crippen molar-refractivity contribution in [3.8, 4) is 0 Å². The molecule has 4 rings (SSSR count). The number of ether oxygens (including phenoxy) is 2. The van der Waals surface area contributed by atoms with Gasteiger partial charge in [-0.25, -0.2) is 8.78 Å². The van der Waals surface area contributed by atoms with Crippen LogP contribution >= 0.6 is 0 Å². The van der Waals surface area contributed by atoms with Gasteiger partial charge in [0.05, 0.1) is 12.2 Å². The topological polar surface area (TPSA) is 65.0 Å². The molecule has 1 aliphatic carbocycles. The van der Waals surface area contributed by atoms with Gasteiger partial charge in [-0.3, -0.25) is 4.79 Å². The van der Waals surface area contributed by atoms with E-state index in [1.165, 1.54) is 10.4 Å². The Morgan fingerprint density at radius 2 is 1.63 bits per heavy atom. The second-order valence-corrected chi connectivity index (χ2v) is 19.1. The van der Waals surface area contributed by atoms with Crippen LogP contribution in [0.25, 0.3) is 0 Å². The fraction of sp³-hybridized carbons (Fsp3) is 0.585. The van der Waals surface area contributed by atoms with Crippen molar-refractivity contribution in [1.82, 2.24) is 0 Å². The standard InChI is InChI=1S/C41H58F2O5Si/c1-5-6-18-28-41(42,43)29-27-35-34(24-15-7-8-16-25-38(44)45)37(31-36(35)47-39-26-17-19-30-46-39)48-49(40(2,3)4,32-20-11-9-12-21-32)33-22-13-10-14-23-33/h7,9-15,20-23,27,29,34-37,39H,5-6,8,16-19,24-26,28,30-31H2,1-4H3,(H,44,45)/t34-,35-,36-,37+,39?/m1/s1. The minimum atomic E-state index is -2.97. The van der Waals surface area contributed by atoms with Crippen molar-refractivity contribution in [3.05, 3.63) is 85.0 Å². The van der Waals surface area contributed by atoms with Gasteiger partial charge in [-0.1, -0.05) is 119 Å². The zero-order chi connectivity index (χ0) is 35.3. The van der Waals surface area contributed by atoms with Gasteiger partial charge in [0, 0.05) is 25.4 Å². The van der Waals surface area contributed by atoms with E-state index < -0.39 is 20.2 Å². The summed E-state index contributed by atoms with van der Waals surface area (Å²) in [5.41, 5.74) is 0. The third kappa shape index (κ3) is 10.9. The van der Waals surface area contributed by atoms with E-state index in [1.54, 1.807) is 6.08 Å². The largest absolute Gasteiger partial charge is 0.481 e. The van der Waals surface area contributed by atoms with Gasteiger partial charge in [0.15, 0.2) is 6.29 Å². The fourth-order valence-electron chi connectivity index (χ4n) is 7.56. The molecule has 270 valence electrons. The highest BCUT2D eigenvalue weighted by molar-refractivity contribution is 6.99. The lowest BCUT2D eigenvalue weighted by Gasteiger charge is -2.45. The molecule has 0 bridgehead atoms. The molecule has 1 aliphatic heterocycles. The Morgan fingerprint density at radius 3 is 2.20 bits per heavy atom. The quantitative estimate of drug-likeness (QED) is 0.0956. The van der Waals surface area contributed by atoms with Gasteiger partial charge in [-0.2, -0.15) is 0 Å². The smallest absolute Gasteiger partial charge is 0.303 e. The predicted molar refractivity (Wildman–Crippen MR) is 196 cm³/mol. The number of hydrogen-bond acceptors (Lipinski definition) is 4. The van der Waals surface area contributed by atoms with Gasteiger partial charge in [0.1, 0.15) is 0 Å². The molecule has 0 radical (unpaired) electrons. The summed E-state index contributed by atoms with van der Waals surface area (Å²) < 4.78 is 51.0. The van der Waals surface area contributed by atoms with Crippen LogP contribution < -0.4 is 10.4 Å². The van der Waals surface area contributed by atoms with Crippen LogP contribution in [-0.2, 0) is 18.7 Å². The van der Waals surface area contributed by atoms with Crippen molar-refractivity contribution in [2.75, 3.05) is 6.61 Å². The molecule has 1 saturated carbocycles. The highest BCUT2D eigenvalue weighted by Crippen LogP contribution is 2.46. The summed E-state index contributed by atoms with van der Waals surface area (Å²) in [6.07, 6.45) is 13.2. The SMILES string of the molecule is CCCCCC(F)(F)C=C[C@@H]1[C@@H](CC=CCCCC(=O)O)[C@@H](O[Si](c2ccccc2)(c2ccccc2)C(C)(C)C)C[C@H]1OC1CCCCO1. The summed E-state index contributed by atoms with van der Waals surface area (Å²) in [6, 6.07) is 21.0. The number of aliphatic carboxylic acids is 1. The van der Waals surface area contributed by atoms with Gasteiger partial charge in [-0.15, -0.1) is 0 Å². The Morgan fingerprint density at radius 1 is 0.959 bits per heavy atom. The number of carbonyl (C=O) groups is 1. The van der Waals surface area contributed by atoms with E-state index in [0.29, 0.717) is 38.7 Å². The maximum atomic E-state index is 15.3. The Balaban J connectivity index is 1.76. The van der Waals surface area contributed by atoms with Crippen LogP contribution in [0.5, 0.6) is 0 Å². The average molecular weight is 697 g/mol. The van der Waals surface area contributed by atoms with Crippen molar-refractivity contribution in [2.24, 2.45) is 11.8 Å². The molecule has 1 N–H and O–H groups in total. The fourth-order valence-corrected chi connectivity index (χ4v) is 12.3. The van der Waals surface area contributed by atoms with Crippen LogP contribution in [0, 0.1) is 11.8 Å². The lowest BCUT2D eigenvalue weighted by molar-refractivity contribution is -0.193. The molecule has 1 saturated heterocycles. The number of carboxylic acid groups (broad SMARTS) is 1. The predicted octanol–water partition coefficient (Wildman–Crippen LogP) is 9.45. The monoisotopic (exact) mass is 696 g/mol. The van der Waals surface area contributed by atoms with E-state index in [4.69, 9.17) is 19.0 Å². The summed E-state index contributed by atoms with van der Waals surface area (Å²) in [6.45, 7) is 9.42. The van der Waals surface area contributed by atoms with Crippen molar-refractivity contribution in [1.29, 1.82) is 0 Å². The van der Waals surface area contributed by atoms with Gasteiger partial charge in [0.2, 0.25) is 0 Å². The number of alkyl halides is 2. The second-order valence-electron chi connectivity index (χ2n) is 14.8. The van der Waals surface area contributed by atoms with Gasteiger partial charge in [0.25, 0.3) is 14.2 Å². The number of benzene rings is 2. The average Bonchev–Trinajstić information content (AvgIpc) is 3.39. The molecule has 2 aliphatic rings. The van der Waals surface area contributed by atoms with Crippen LogP contribution in [0.3, 0.4) is 0 Å². The number of rotatable bonds is 18. The summed E-state index contributed by atoms with van der Waals surface area (Å²) in [5.74, 6) is -4.16. The van der Waals surface area contributed by atoms with E-state index >= 15 is 8.78 Å². The van der Waals surface area contributed by atoms with Crippen LogP contribution in [-0.4, -0.2) is 50.4 Å². The summed E-state index contributed by atoms with van der Waals surface area (Å²) in [7, 11) is -2.97. The molecule has 1 heterocycles. The lowest BCUT2D eigenvalue weighted by atomic mass is 9.89. The van der Waals surface area contributed by atoms with E-state index in [2.05, 4.69) is 75.4 Å². The molecule has 0 spiro atoms. The van der Waals surface area contributed by atoms with Crippen LogP contribution in [0.2, 0.25) is 5.04 Å². The Bertz CT molecular complexity index is 1280. The molecule has 2 fully saturated rings. The molecule has 49 heavy (non-hydrogen) atoms. The number of hydrogen-bond donors (Lipinski definition) is 1. The number of unbranched alkanes of at least 4 members (excludes halogenated alkanes) is 3. The van der Waals surface area contributed by atoms with E-state index in [9.17, 15) is 4.79 Å². The van der Waals surface area contributed by atoms with Crippen molar-refractivity contribution >= 4 is 24.7 Å². The van der Waals surface area contributed by atoms with Crippen molar-refractivity contribution in [2.45, 2.75) is 134 Å². The number of carboxylic acids is 1. The first-order chi connectivity index (χ1) is 23.5. The first-order valence-corrected chi connectivity index (χ1v) is 20.4. The van der Waals surface area contributed by atoms with Crippen molar-refractivity contribution in [3.63, 3.8) is 0 Å². The maximum Gasteiger partial charge on any atom is 0.303 e. The highest BCUT2D eigenvalue weighted by atomic mass is 28.4. The van der Waals surface area contributed by atoms with Crippen molar-refractivity contribution < 1.29 is 32.6 Å². The van der Waals surface area contributed by atoms with E-state index in [0.717, 1.165) is 38.2 Å². The summed E-state index contributed by atoms with van der Waals surface area (Å²) >= 11 is 0. The van der Waals surface area contributed by atoms with E-state index in [1.807, 2.05) is 25.1 Å². The molecule has 1 unspecified atom stereocenters. The molecule has 5 atom stereocenters. The number of halogens is 2. The van der Waals surface area contributed by atoms with Gasteiger partial charge >= 0.3 is 5.97 Å². The zero-order valence-corrected chi connectivity index (χ0v) is 31.0. The third-order valence-corrected chi connectivity index (χ3v) is 15.1. The van der Waals surface area contributed by atoms with Crippen LogP contribution in [0.1, 0.15) is 105 Å². The highest BCUT2D eigenvalue weighted by Gasteiger charge is 2.55. The molecule has 0 aromatic heterocycles. The summed E-state index contributed by atoms with van der Waals surface area (Å²) in [4.78, 5) is 11.1. The molecular weight excluding hydrogens is 639 g/mol. The Kier molecular flexibility index (Phi) is 14.8. The normalized spacial score (nSPS) is 23.8. The van der Waals surface area contributed by atoms with Crippen LogP contribution in [0.15, 0.2) is 85.0 Å². The summed E-state index contributed by atoms with van der Waals surface area (Å²) in [5, 5.41) is 11.2. The molecular formula is C41H58F2O5Si. The maximum absolute atomic E-state index is 15.3. The molecule has 5 nitrogen and oxygen atoms in total. The molecule has 2 aromatic rings. The Hall–Kier alpha value is -2.65. The third-order valence-electron chi connectivity index (χ3n) is 10.1. The molecule has 8 heteroatoms. The van der Waals surface area contributed by atoms with E-state index in [-0.39, 0.29) is 48.2 Å². The second kappa shape index (κ2) is 18.5. The van der Waals surface area contributed by atoms with Gasteiger partial charge in [-0.05, 0) is 78.8 Å². The first kappa shape index (κ1) is 39.1. The zero-order valence-electron chi connectivity index (χ0n) is 30.0. The van der Waals surface area contributed by atoms with Gasteiger partial charge < -0.3 is 19.0 Å². The molecule has 2 aromatic carbocycles. The minimum absolute atomic E-state index is 0.114. The first-order valence-electron chi connectivity index (χ1n) is 18.5. The lowest BCUT2D eigenvalue weighted by Crippen LogP contribution is -2.68. The van der Waals surface area contributed by atoms with Crippen LogP contribution in [0.4, 0.5) is 8.78 Å². The minimum Gasteiger partial charge on any atom is -0.481 e. The Labute approximate surface area is 294 Å². The number of allylic oxidation sites excluding steroid dienone is 3. The molecule has 0 amide bonds.